The van der Waals surface area contributed by atoms with Gasteiger partial charge in [0, 0.05) is 12.5 Å². The van der Waals surface area contributed by atoms with Crippen LogP contribution in [0.25, 0.3) is 0 Å². The molecule has 0 aliphatic heterocycles. The Bertz CT molecular complexity index is 233. The summed E-state index contributed by atoms with van der Waals surface area (Å²) in [7, 11) is 0. The summed E-state index contributed by atoms with van der Waals surface area (Å²) >= 11 is 0. The molecule has 2 aliphatic rings. The monoisotopic (exact) mass is 133 g/mol. The first-order chi connectivity index (χ1) is 4.90. The minimum Gasteiger partial charge on any atom is -0.286 e. The van der Waals surface area contributed by atoms with E-state index in [-0.39, 0.29) is 0 Å². The van der Waals surface area contributed by atoms with Crippen LogP contribution in [-0.2, 0) is 0 Å². The van der Waals surface area contributed by atoms with Crippen LogP contribution in [0.15, 0.2) is 28.8 Å². The van der Waals surface area contributed by atoms with E-state index in [2.05, 4.69) is 30.1 Å². The summed E-state index contributed by atoms with van der Waals surface area (Å²) in [4.78, 5) is 4.31. The van der Waals surface area contributed by atoms with Gasteiger partial charge in [0.2, 0.25) is 0 Å². The molecule has 0 N–H and O–H groups in total. The van der Waals surface area contributed by atoms with E-state index in [9.17, 15) is 0 Å². The summed E-state index contributed by atoms with van der Waals surface area (Å²) in [6, 6.07) is 0. The molecule has 0 bridgehead atoms. The van der Waals surface area contributed by atoms with Crippen LogP contribution in [0.2, 0.25) is 0 Å². The van der Waals surface area contributed by atoms with Gasteiger partial charge in [-0.2, -0.15) is 0 Å². The topological polar surface area (TPSA) is 12.4 Å². The fraction of sp³-hybridized carbons (Fsp3) is 0.444. The van der Waals surface area contributed by atoms with Crippen molar-refractivity contribution in [2.24, 2.45) is 10.9 Å². The van der Waals surface area contributed by atoms with Gasteiger partial charge in [-0.3, -0.25) is 4.99 Å². The van der Waals surface area contributed by atoms with Crippen molar-refractivity contribution >= 4 is 5.71 Å². The second-order valence-corrected chi connectivity index (χ2v) is 2.79. The molecule has 0 aromatic heterocycles. The largest absolute Gasteiger partial charge is 0.286 e. The summed E-state index contributed by atoms with van der Waals surface area (Å²) in [5.41, 5.74) is 2.72. The van der Waals surface area contributed by atoms with Crippen LogP contribution in [0.1, 0.15) is 13.3 Å². The van der Waals surface area contributed by atoms with Gasteiger partial charge in [0.1, 0.15) is 0 Å². The first-order valence-electron chi connectivity index (χ1n) is 3.83. The van der Waals surface area contributed by atoms with E-state index in [0.29, 0.717) is 0 Å². The minimum atomic E-state index is 0.788. The van der Waals surface area contributed by atoms with Crippen LogP contribution in [-0.4, -0.2) is 12.3 Å². The number of hydrogen-bond acceptors (Lipinski definition) is 1. The zero-order valence-corrected chi connectivity index (χ0v) is 6.17. The number of hydrogen-bond donors (Lipinski definition) is 0. The molecule has 0 saturated heterocycles. The van der Waals surface area contributed by atoms with Gasteiger partial charge in [-0.15, -0.1) is 0 Å². The highest BCUT2D eigenvalue weighted by Crippen LogP contribution is 2.40. The van der Waals surface area contributed by atoms with Crippen molar-refractivity contribution < 1.29 is 0 Å². The highest BCUT2D eigenvalue weighted by molar-refractivity contribution is 6.06. The molecule has 2 rings (SSSR count). The van der Waals surface area contributed by atoms with Crippen LogP contribution < -0.4 is 0 Å². The van der Waals surface area contributed by atoms with Gasteiger partial charge in [0.25, 0.3) is 0 Å². The van der Waals surface area contributed by atoms with Crippen LogP contribution >= 0.6 is 0 Å². The number of allylic oxidation sites excluding steroid dienone is 4. The van der Waals surface area contributed by atoms with Gasteiger partial charge >= 0.3 is 0 Å². The summed E-state index contributed by atoms with van der Waals surface area (Å²) in [5.74, 6) is 0.788. The summed E-state index contributed by atoms with van der Waals surface area (Å²) in [6.07, 6.45) is 7.88. The fourth-order valence-electron chi connectivity index (χ4n) is 1.29. The van der Waals surface area contributed by atoms with Gasteiger partial charge in [-0.05, 0) is 25.5 Å². The minimum absolute atomic E-state index is 0.788. The second-order valence-electron chi connectivity index (χ2n) is 2.79. The lowest BCUT2D eigenvalue weighted by Crippen LogP contribution is -1.92. The number of fused-ring (bicyclic) bond motifs is 1. The normalized spacial score (nSPS) is 31.9. The third-order valence-electron chi connectivity index (χ3n) is 1.95. The molecule has 1 heteroatoms. The van der Waals surface area contributed by atoms with Gasteiger partial charge in [0.05, 0.1) is 5.71 Å². The van der Waals surface area contributed by atoms with Gasteiger partial charge in [-0.1, -0.05) is 11.6 Å². The van der Waals surface area contributed by atoms with Crippen molar-refractivity contribution in [1.82, 2.24) is 0 Å². The maximum atomic E-state index is 4.31. The van der Waals surface area contributed by atoms with E-state index in [4.69, 9.17) is 0 Å². The van der Waals surface area contributed by atoms with Crippen LogP contribution in [0.4, 0.5) is 0 Å². The molecule has 0 amide bonds. The Morgan fingerprint density at radius 3 is 3.30 bits per heavy atom. The predicted octanol–water partition coefficient (Wildman–Crippen LogP) is 1.96. The molecule has 10 heavy (non-hydrogen) atoms. The maximum Gasteiger partial charge on any atom is 0.0570 e. The predicted molar refractivity (Wildman–Crippen MR) is 43.3 cm³/mol. The van der Waals surface area contributed by atoms with Crippen molar-refractivity contribution in [3.05, 3.63) is 23.8 Å². The molecule has 1 fully saturated rings. The average Bonchev–Trinajstić information content (AvgIpc) is 2.66. The van der Waals surface area contributed by atoms with Crippen molar-refractivity contribution in [2.45, 2.75) is 13.3 Å². The van der Waals surface area contributed by atoms with E-state index in [1.54, 1.807) is 5.57 Å². The summed E-state index contributed by atoms with van der Waals surface area (Å²) in [5, 5.41) is 0. The molecule has 52 valence electrons. The second kappa shape index (κ2) is 2.08. The first kappa shape index (κ1) is 5.90. The molecule has 1 nitrogen and oxygen atoms in total. The van der Waals surface area contributed by atoms with Crippen molar-refractivity contribution in [3.8, 4) is 0 Å². The Kier molecular flexibility index (Phi) is 1.23. The molecule has 0 aromatic rings. The molecule has 0 spiro atoms. The van der Waals surface area contributed by atoms with Crippen molar-refractivity contribution in [1.29, 1.82) is 0 Å². The molecular weight excluding hydrogens is 122 g/mol. The van der Waals surface area contributed by atoms with E-state index in [1.165, 1.54) is 6.42 Å². The lowest BCUT2D eigenvalue weighted by atomic mass is 10.2. The van der Waals surface area contributed by atoms with E-state index < -0.39 is 0 Å². The standard InChI is InChI=1S/C9H11N/c1-2-10-9-4-3-7-5-8(7)6-9/h3-4,6-7H,2,5H2,1H3. The van der Waals surface area contributed by atoms with Crippen molar-refractivity contribution in [3.63, 3.8) is 0 Å². The quantitative estimate of drug-likeness (QED) is 0.518. The highest BCUT2D eigenvalue weighted by atomic mass is 14.7. The summed E-state index contributed by atoms with van der Waals surface area (Å²) in [6.45, 7) is 2.96. The third-order valence-corrected chi connectivity index (χ3v) is 1.95. The summed E-state index contributed by atoms with van der Waals surface area (Å²) < 4.78 is 0. The van der Waals surface area contributed by atoms with Gasteiger partial charge in [0.15, 0.2) is 0 Å². The SMILES string of the molecule is CCN=C1C=CC2CC2=C1. The van der Waals surface area contributed by atoms with E-state index in [1.807, 2.05) is 0 Å². The molecule has 1 atom stereocenters. The number of nitrogens with zero attached hydrogens (tertiary/aromatic N) is 1. The lowest BCUT2D eigenvalue weighted by molar-refractivity contribution is 1.12. The zero-order chi connectivity index (χ0) is 6.97. The third kappa shape index (κ3) is 0.919. The van der Waals surface area contributed by atoms with Crippen LogP contribution in [0.3, 0.4) is 0 Å². The Balaban J connectivity index is 2.19. The fourth-order valence-corrected chi connectivity index (χ4v) is 1.29. The maximum absolute atomic E-state index is 4.31. The highest BCUT2D eigenvalue weighted by Gasteiger charge is 2.28. The Morgan fingerprint density at radius 2 is 2.60 bits per heavy atom. The van der Waals surface area contributed by atoms with Crippen molar-refractivity contribution in [2.75, 3.05) is 6.54 Å². The smallest absolute Gasteiger partial charge is 0.0570 e. The van der Waals surface area contributed by atoms with E-state index >= 15 is 0 Å². The van der Waals surface area contributed by atoms with Crippen LogP contribution in [0, 0.1) is 5.92 Å². The number of rotatable bonds is 1. The van der Waals surface area contributed by atoms with Gasteiger partial charge < -0.3 is 0 Å². The molecule has 0 radical (unpaired) electrons. The van der Waals surface area contributed by atoms with Gasteiger partial charge in [-0.25, -0.2) is 0 Å². The first-order valence-corrected chi connectivity index (χ1v) is 3.83. The number of aliphatic imine (C=N–C) groups is 1. The molecule has 2 aliphatic carbocycles. The Morgan fingerprint density at radius 1 is 1.70 bits per heavy atom. The zero-order valence-electron chi connectivity index (χ0n) is 6.17. The molecule has 0 aromatic carbocycles. The van der Waals surface area contributed by atoms with E-state index in [0.717, 1.165) is 18.2 Å². The molecular formula is C9H11N. The molecule has 0 heterocycles. The Hall–Kier alpha value is -0.850. The molecule has 1 unspecified atom stereocenters. The lowest BCUT2D eigenvalue weighted by Gasteiger charge is -1.95. The average molecular weight is 133 g/mol. The Labute approximate surface area is 61.2 Å². The van der Waals surface area contributed by atoms with Crippen LogP contribution in [0.5, 0.6) is 0 Å². The molecule has 1 saturated carbocycles.